The van der Waals surface area contributed by atoms with Crippen molar-refractivity contribution < 1.29 is 28.8 Å². The molecule has 1 aromatic carbocycles. The van der Waals surface area contributed by atoms with Crippen molar-refractivity contribution in [3.8, 4) is 5.75 Å². The van der Waals surface area contributed by atoms with E-state index < -0.39 is 18.9 Å². The maximum absolute atomic E-state index is 13.7. The molecule has 0 aromatic heterocycles. The number of phenols is 1. The standard InChI is InChI=1S/C26H33BFNO5/c1-4-10-29-25(31)18-13-17(5-2)23-19(24(18)26(29)32)14-27(33)34-22(23)9-6-15(3)11-16-7-8-21(30)20(28)12-16/h7-8,11-12,18-19,22,24,30,33H,4-6,9-10,13-14H2,1-3H3/b15-11+/t18-,19+,22-,24-/m1/s1. The fourth-order valence-corrected chi connectivity index (χ4v) is 5.94. The third-order valence-corrected chi connectivity index (χ3v) is 7.46. The van der Waals surface area contributed by atoms with E-state index in [-0.39, 0.29) is 35.5 Å². The van der Waals surface area contributed by atoms with Crippen LogP contribution in [0.1, 0.15) is 58.4 Å². The number of amides is 2. The van der Waals surface area contributed by atoms with E-state index >= 15 is 0 Å². The molecule has 0 spiro atoms. The van der Waals surface area contributed by atoms with Gasteiger partial charge in [0, 0.05) is 6.54 Å². The van der Waals surface area contributed by atoms with E-state index in [9.17, 15) is 24.1 Å². The molecule has 3 aliphatic rings. The molecule has 8 heteroatoms. The summed E-state index contributed by atoms with van der Waals surface area (Å²) in [6.07, 6.45) is 5.24. The molecular formula is C26H33BFNO5. The Morgan fingerprint density at radius 3 is 2.71 bits per heavy atom. The van der Waals surface area contributed by atoms with E-state index in [4.69, 9.17) is 4.65 Å². The van der Waals surface area contributed by atoms with Crippen molar-refractivity contribution in [1.29, 1.82) is 0 Å². The summed E-state index contributed by atoms with van der Waals surface area (Å²) in [7, 11) is -0.978. The van der Waals surface area contributed by atoms with Gasteiger partial charge in [-0.3, -0.25) is 14.5 Å². The second-order valence-electron chi connectivity index (χ2n) is 9.74. The van der Waals surface area contributed by atoms with Crippen molar-refractivity contribution in [2.24, 2.45) is 17.8 Å². The number of hydrogen-bond acceptors (Lipinski definition) is 5. The van der Waals surface area contributed by atoms with Gasteiger partial charge in [0.25, 0.3) is 0 Å². The maximum Gasteiger partial charge on any atom is 0.455 e. The minimum atomic E-state index is -0.978. The van der Waals surface area contributed by atoms with E-state index in [0.717, 1.165) is 24.0 Å². The molecule has 6 nitrogen and oxygen atoms in total. The van der Waals surface area contributed by atoms with Crippen LogP contribution < -0.4 is 0 Å². The molecule has 4 atom stereocenters. The van der Waals surface area contributed by atoms with Crippen LogP contribution in [0, 0.1) is 23.6 Å². The summed E-state index contributed by atoms with van der Waals surface area (Å²) in [6.45, 7) is 6.42. The molecule has 2 N–H and O–H groups in total. The number of rotatable bonds is 7. The number of allylic oxidation sites excluding steroid dienone is 2. The van der Waals surface area contributed by atoms with Gasteiger partial charge in [-0.1, -0.05) is 37.1 Å². The van der Waals surface area contributed by atoms with Gasteiger partial charge in [-0.15, -0.1) is 0 Å². The van der Waals surface area contributed by atoms with Gasteiger partial charge in [0.15, 0.2) is 11.6 Å². The number of imide groups is 1. The van der Waals surface area contributed by atoms with Gasteiger partial charge >= 0.3 is 7.12 Å². The second-order valence-corrected chi connectivity index (χ2v) is 9.74. The fourth-order valence-electron chi connectivity index (χ4n) is 5.94. The van der Waals surface area contributed by atoms with Gasteiger partial charge in [-0.05, 0) is 74.5 Å². The Morgan fingerprint density at radius 2 is 2.03 bits per heavy atom. The van der Waals surface area contributed by atoms with Crippen LogP contribution in [-0.4, -0.2) is 46.6 Å². The molecule has 0 radical (unpaired) electrons. The van der Waals surface area contributed by atoms with E-state index in [0.29, 0.717) is 37.7 Å². The van der Waals surface area contributed by atoms with E-state index in [2.05, 4.69) is 6.92 Å². The Balaban J connectivity index is 1.56. The molecule has 1 aliphatic carbocycles. The number of phenolic OH excluding ortho intramolecular Hbond substituents is 1. The van der Waals surface area contributed by atoms with Gasteiger partial charge in [0.2, 0.25) is 11.8 Å². The third kappa shape index (κ3) is 4.58. The number of carbonyl (C=O) groups is 2. The van der Waals surface area contributed by atoms with Gasteiger partial charge in [0.05, 0.1) is 17.9 Å². The maximum atomic E-state index is 13.7. The highest BCUT2D eigenvalue weighted by Crippen LogP contribution is 2.51. The Hall–Kier alpha value is -2.45. The number of likely N-dealkylation sites (tertiary alicyclic amines) is 1. The minimum Gasteiger partial charge on any atom is -0.505 e. The minimum absolute atomic E-state index is 0.0701. The number of halogens is 1. The van der Waals surface area contributed by atoms with Crippen molar-refractivity contribution >= 4 is 25.0 Å². The van der Waals surface area contributed by atoms with Crippen LogP contribution in [0.5, 0.6) is 5.75 Å². The number of hydrogen-bond donors (Lipinski definition) is 2. The van der Waals surface area contributed by atoms with E-state index in [1.807, 2.05) is 19.9 Å². The third-order valence-electron chi connectivity index (χ3n) is 7.46. The summed E-state index contributed by atoms with van der Waals surface area (Å²) in [5, 5.41) is 19.9. The Kier molecular flexibility index (Phi) is 7.29. The molecule has 0 bridgehead atoms. The fraction of sp³-hybridized carbons (Fsp3) is 0.538. The van der Waals surface area contributed by atoms with Crippen molar-refractivity contribution in [1.82, 2.24) is 4.90 Å². The molecule has 2 fully saturated rings. The van der Waals surface area contributed by atoms with Gasteiger partial charge in [0.1, 0.15) is 0 Å². The smallest absolute Gasteiger partial charge is 0.455 e. The molecule has 0 saturated carbocycles. The number of benzene rings is 1. The van der Waals surface area contributed by atoms with Crippen LogP contribution in [-0.2, 0) is 14.2 Å². The molecule has 182 valence electrons. The van der Waals surface area contributed by atoms with Crippen molar-refractivity contribution in [3.63, 3.8) is 0 Å². The summed E-state index contributed by atoms with van der Waals surface area (Å²) in [5.74, 6) is -2.15. The lowest BCUT2D eigenvalue weighted by molar-refractivity contribution is -0.140. The molecular weight excluding hydrogens is 436 g/mol. The Labute approximate surface area is 200 Å². The van der Waals surface area contributed by atoms with Gasteiger partial charge < -0.3 is 14.8 Å². The highest BCUT2D eigenvalue weighted by atomic mass is 19.1. The molecule has 2 amide bonds. The normalized spacial score (nSPS) is 27.4. The summed E-state index contributed by atoms with van der Waals surface area (Å²) < 4.78 is 19.6. The molecule has 1 aromatic rings. The second kappa shape index (κ2) is 10.0. The zero-order chi connectivity index (χ0) is 24.6. The van der Waals surface area contributed by atoms with Crippen molar-refractivity contribution in [2.75, 3.05) is 6.54 Å². The average molecular weight is 469 g/mol. The number of fused-ring (bicyclic) bond motifs is 3. The molecule has 2 saturated heterocycles. The van der Waals surface area contributed by atoms with Crippen LogP contribution >= 0.6 is 0 Å². The molecule has 4 rings (SSSR count). The Morgan fingerprint density at radius 1 is 1.26 bits per heavy atom. The number of nitrogens with zero attached hydrogens (tertiary/aromatic N) is 1. The lowest BCUT2D eigenvalue weighted by Gasteiger charge is -2.43. The molecule has 2 aliphatic heterocycles. The van der Waals surface area contributed by atoms with Crippen LogP contribution in [0.3, 0.4) is 0 Å². The number of carbonyl (C=O) groups excluding carboxylic acids is 2. The van der Waals surface area contributed by atoms with E-state index in [1.54, 1.807) is 6.07 Å². The van der Waals surface area contributed by atoms with Crippen LogP contribution in [0.15, 0.2) is 34.9 Å². The predicted octanol–water partition coefficient (Wildman–Crippen LogP) is 4.33. The first kappa shape index (κ1) is 24.7. The van der Waals surface area contributed by atoms with Crippen LogP contribution in [0.2, 0.25) is 6.32 Å². The quantitative estimate of drug-likeness (QED) is 0.353. The van der Waals surface area contributed by atoms with E-state index in [1.165, 1.54) is 22.6 Å². The highest BCUT2D eigenvalue weighted by Gasteiger charge is 2.56. The molecule has 34 heavy (non-hydrogen) atoms. The Bertz CT molecular complexity index is 1040. The highest BCUT2D eigenvalue weighted by molar-refractivity contribution is 6.43. The van der Waals surface area contributed by atoms with Crippen molar-refractivity contribution in [2.45, 2.75) is 65.3 Å². The first-order valence-electron chi connectivity index (χ1n) is 12.3. The number of aromatic hydroxyl groups is 1. The van der Waals surface area contributed by atoms with Gasteiger partial charge in [-0.2, -0.15) is 0 Å². The first-order chi connectivity index (χ1) is 16.2. The average Bonchev–Trinajstić information content (AvgIpc) is 3.04. The summed E-state index contributed by atoms with van der Waals surface area (Å²) in [6, 6.07) is 4.28. The zero-order valence-corrected chi connectivity index (χ0v) is 20.1. The summed E-state index contributed by atoms with van der Waals surface area (Å²) in [4.78, 5) is 27.7. The van der Waals surface area contributed by atoms with Crippen LogP contribution in [0.25, 0.3) is 6.08 Å². The SMILES string of the molecule is CCCN1C(=O)[C@@H]2[C@@H](CC(CC)=C3[C@@H](CC/C(C)=C/c4ccc(O)c(F)c4)OB(O)C[C@@H]32)C1=O. The zero-order valence-electron chi connectivity index (χ0n) is 20.1. The van der Waals surface area contributed by atoms with Crippen molar-refractivity contribution in [3.05, 3.63) is 46.3 Å². The lowest BCUT2D eigenvalue weighted by Crippen LogP contribution is -2.46. The largest absolute Gasteiger partial charge is 0.505 e. The molecule has 2 heterocycles. The predicted molar refractivity (Wildman–Crippen MR) is 128 cm³/mol. The lowest BCUT2D eigenvalue weighted by atomic mass is 9.58. The topological polar surface area (TPSA) is 87.1 Å². The van der Waals surface area contributed by atoms with Gasteiger partial charge in [-0.25, -0.2) is 4.39 Å². The summed E-state index contributed by atoms with van der Waals surface area (Å²) >= 11 is 0. The monoisotopic (exact) mass is 469 g/mol. The molecule has 0 unspecified atom stereocenters. The van der Waals surface area contributed by atoms with Crippen LogP contribution in [0.4, 0.5) is 4.39 Å². The first-order valence-corrected chi connectivity index (χ1v) is 12.3. The summed E-state index contributed by atoms with van der Waals surface area (Å²) in [5.41, 5.74) is 3.94.